The topological polar surface area (TPSA) is 9.72 Å². The Bertz CT molecular complexity index is 4680. The monoisotopic (exact) mass is 1310 g/mol. The smallest absolute Gasteiger partial charge is 0.0713 e. The fraction of sp³-hybridized carbons (Fsp3) is 0.204. The predicted molar refractivity (Wildman–Crippen MR) is 433 cm³/mol. The van der Waals surface area contributed by atoms with Crippen LogP contribution in [0.3, 0.4) is 0 Å². The summed E-state index contributed by atoms with van der Waals surface area (Å²) < 4.78 is 0. The van der Waals surface area contributed by atoms with Gasteiger partial charge >= 0.3 is 0 Å². The molecular formula is C98H95N3. The van der Waals surface area contributed by atoms with Crippen LogP contribution in [0.4, 0.5) is 51.2 Å². The number of hydrogen-bond acceptors (Lipinski definition) is 3. The van der Waals surface area contributed by atoms with E-state index >= 15 is 0 Å². The van der Waals surface area contributed by atoms with Crippen LogP contribution < -0.4 is 14.7 Å². The average Bonchev–Trinajstić information content (AvgIpc) is 1.54. The van der Waals surface area contributed by atoms with Gasteiger partial charge in [-0.25, -0.2) is 0 Å². The van der Waals surface area contributed by atoms with E-state index in [2.05, 4.69) is 422 Å². The number of hydrogen-bond donors (Lipinski definition) is 0. The summed E-state index contributed by atoms with van der Waals surface area (Å²) in [5.41, 5.74) is 33.5. The fourth-order valence-corrected chi connectivity index (χ4v) is 14.9. The van der Waals surface area contributed by atoms with Gasteiger partial charge in [0, 0.05) is 51.2 Å². The molecule has 0 radical (unpaired) electrons. The molecule has 1 aliphatic carbocycles. The molecule has 0 amide bonds. The molecule has 0 saturated carbocycles. The second-order valence-electron chi connectivity index (χ2n) is 32.2. The first-order valence-corrected chi connectivity index (χ1v) is 36.0. The van der Waals surface area contributed by atoms with Crippen molar-refractivity contribution in [3.8, 4) is 44.5 Å². The molecule has 3 heteroatoms. The van der Waals surface area contributed by atoms with Gasteiger partial charge in [0.2, 0.25) is 0 Å². The van der Waals surface area contributed by atoms with Crippen LogP contribution >= 0.6 is 0 Å². The van der Waals surface area contributed by atoms with Gasteiger partial charge in [0.25, 0.3) is 0 Å². The van der Waals surface area contributed by atoms with Gasteiger partial charge in [0.15, 0.2) is 0 Å². The summed E-state index contributed by atoms with van der Waals surface area (Å²) >= 11 is 0. The fourth-order valence-electron chi connectivity index (χ4n) is 14.9. The maximum Gasteiger partial charge on any atom is 0.0713 e. The van der Waals surface area contributed by atoms with Crippen LogP contribution in [0.25, 0.3) is 44.5 Å². The predicted octanol–water partition coefficient (Wildman–Crippen LogP) is 27.6. The Hall–Kier alpha value is -10.7. The highest BCUT2D eigenvalue weighted by Gasteiger charge is 2.46. The van der Waals surface area contributed by atoms with E-state index in [1.165, 1.54) is 77.9 Å². The lowest BCUT2D eigenvalue weighted by Gasteiger charge is -2.34. The molecule has 1 aliphatic rings. The summed E-state index contributed by atoms with van der Waals surface area (Å²) in [5.74, 6) is 0. The van der Waals surface area contributed by atoms with Crippen molar-refractivity contribution >= 4 is 51.2 Å². The van der Waals surface area contributed by atoms with E-state index in [0.717, 1.165) is 79.0 Å². The highest BCUT2D eigenvalue weighted by molar-refractivity contribution is 5.88. The molecule has 14 rings (SSSR count). The lowest BCUT2D eigenvalue weighted by atomic mass is 9.67. The van der Waals surface area contributed by atoms with Gasteiger partial charge in [-0.2, -0.15) is 0 Å². The van der Waals surface area contributed by atoms with Crippen molar-refractivity contribution in [2.24, 2.45) is 0 Å². The quantitative estimate of drug-likeness (QED) is 0.107. The molecule has 101 heavy (non-hydrogen) atoms. The largest absolute Gasteiger partial charge is 0.311 e. The van der Waals surface area contributed by atoms with E-state index in [1.807, 2.05) is 0 Å². The van der Waals surface area contributed by atoms with E-state index in [4.69, 9.17) is 0 Å². The van der Waals surface area contributed by atoms with Crippen LogP contribution in [0.1, 0.15) is 144 Å². The zero-order chi connectivity index (χ0) is 70.8. The standard InChI is InChI=1S/C98H95N3/c1-66-16-32-79(33-17-66)98(92-64-67(2)18-62-90(92)91-63-19-68(3)65-93(91)98)80-34-20-69(21-35-80)70-22-44-81(45-23-70)99(82-46-24-71(25-47-82)73-28-50-84(51-29-73)100(86-54-36-75(37-55-86)94(4,5)6)87-56-38-76(39-57-87)95(7,8)9)83-48-26-72(27-49-83)74-30-52-85(53-31-74)101(88-58-40-77(41-59-88)96(10,11)12)89-60-42-78(43-61-89)97(13,14)15/h16-65H,1-15H3. The van der Waals surface area contributed by atoms with Crippen LogP contribution in [0.15, 0.2) is 303 Å². The maximum atomic E-state index is 2.42. The van der Waals surface area contributed by atoms with Gasteiger partial charge < -0.3 is 14.7 Å². The summed E-state index contributed by atoms with van der Waals surface area (Å²) in [6.07, 6.45) is 0. The zero-order valence-electron chi connectivity index (χ0n) is 61.7. The third-order valence-corrected chi connectivity index (χ3v) is 20.8. The summed E-state index contributed by atoms with van der Waals surface area (Å²) in [4.78, 5) is 7.13. The molecule has 0 heterocycles. The highest BCUT2D eigenvalue weighted by Crippen LogP contribution is 2.57. The van der Waals surface area contributed by atoms with Crippen molar-refractivity contribution < 1.29 is 0 Å². The number of aryl methyl sites for hydroxylation is 3. The second-order valence-corrected chi connectivity index (χ2v) is 32.2. The van der Waals surface area contributed by atoms with Crippen LogP contribution in [0.2, 0.25) is 0 Å². The average molecular weight is 1310 g/mol. The molecule has 3 nitrogen and oxygen atoms in total. The third kappa shape index (κ3) is 13.4. The molecule has 13 aromatic rings. The van der Waals surface area contributed by atoms with Gasteiger partial charge in [0.05, 0.1) is 5.41 Å². The molecule has 0 spiro atoms. The van der Waals surface area contributed by atoms with Crippen molar-refractivity contribution in [1.82, 2.24) is 0 Å². The van der Waals surface area contributed by atoms with Crippen LogP contribution in [0, 0.1) is 20.8 Å². The molecule has 0 unspecified atom stereocenters. The maximum absolute atomic E-state index is 2.42. The van der Waals surface area contributed by atoms with Crippen molar-refractivity contribution in [2.45, 2.75) is 131 Å². The van der Waals surface area contributed by atoms with E-state index in [-0.39, 0.29) is 21.7 Å². The first kappa shape index (κ1) is 67.4. The zero-order valence-corrected chi connectivity index (χ0v) is 61.7. The van der Waals surface area contributed by atoms with E-state index in [1.54, 1.807) is 0 Å². The van der Waals surface area contributed by atoms with Crippen molar-refractivity contribution in [3.63, 3.8) is 0 Å². The van der Waals surface area contributed by atoms with Crippen molar-refractivity contribution in [2.75, 3.05) is 14.7 Å². The second kappa shape index (κ2) is 26.4. The molecule has 0 aromatic heterocycles. The number of benzene rings is 13. The number of rotatable bonds is 14. The summed E-state index contributed by atoms with van der Waals surface area (Å²) in [5, 5.41) is 0. The van der Waals surface area contributed by atoms with Crippen molar-refractivity contribution in [3.05, 3.63) is 365 Å². The van der Waals surface area contributed by atoms with Gasteiger partial charge in [-0.3, -0.25) is 0 Å². The van der Waals surface area contributed by atoms with Gasteiger partial charge in [-0.1, -0.05) is 294 Å². The molecule has 0 fully saturated rings. The molecular weight excluding hydrogens is 1220 g/mol. The Morgan fingerprint density at radius 3 is 0.584 bits per heavy atom. The van der Waals surface area contributed by atoms with Gasteiger partial charge in [-0.15, -0.1) is 0 Å². The van der Waals surface area contributed by atoms with Crippen LogP contribution in [0.5, 0.6) is 0 Å². The van der Waals surface area contributed by atoms with Crippen molar-refractivity contribution in [1.29, 1.82) is 0 Å². The first-order valence-electron chi connectivity index (χ1n) is 36.0. The molecule has 0 bridgehead atoms. The molecule has 0 aliphatic heterocycles. The summed E-state index contributed by atoms with van der Waals surface area (Å²) in [7, 11) is 0. The minimum absolute atomic E-state index is 0.0551. The summed E-state index contributed by atoms with van der Waals surface area (Å²) in [6, 6.07) is 114. The minimum Gasteiger partial charge on any atom is -0.311 e. The van der Waals surface area contributed by atoms with Crippen LogP contribution in [-0.2, 0) is 27.1 Å². The van der Waals surface area contributed by atoms with Gasteiger partial charge in [0.1, 0.15) is 0 Å². The Morgan fingerprint density at radius 2 is 0.376 bits per heavy atom. The third-order valence-electron chi connectivity index (χ3n) is 20.8. The highest BCUT2D eigenvalue weighted by atomic mass is 15.2. The molecule has 502 valence electrons. The molecule has 13 aromatic carbocycles. The summed E-state index contributed by atoms with van der Waals surface area (Å²) in [6.45, 7) is 33.9. The number of fused-ring (bicyclic) bond motifs is 3. The Morgan fingerprint density at radius 1 is 0.198 bits per heavy atom. The molecule has 0 atom stereocenters. The molecule has 0 N–H and O–H groups in total. The normalized spacial score (nSPS) is 12.8. The lowest BCUT2D eigenvalue weighted by molar-refractivity contribution is 0.590. The van der Waals surface area contributed by atoms with Crippen LogP contribution in [-0.4, -0.2) is 0 Å². The van der Waals surface area contributed by atoms with E-state index in [0.29, 0.717) is 0 Å². The Labute approximate surface area is 602 Å². The first-order chi connectivity index (χ1) is 48.3. The lowest BCUT2D eigenvalue weighted by Crippen LogP contribution is -2.28. The Balaban J connectivity index is 0.801. The Kier molecular flexibility index (Phi) is 17.6. The SMILES string of the molecule is Cc1ccc(C2(c3ccc(-c4ccc(N(c5ccc(-c6ccc(N(c7ccc(C(C)(C)C)cc7)c7ccc(C(C)(C)C)cc7)cc6)cc5)c5ccc(-c6ccc(N(c7ccc(C(C)(C)C)cc7)c7ccc(C(C)(C)C)cc7)cc6)cc5)cc4)cc3)c3cc(C)ccc3-c3ccc(C)cc32)cc1. The van der Waals surface area contributed by atoms with E-state index < -0.39 is 5.41 Å². The number of anilines is 9. The minimum atomic E-state index is -0.475. The number of nitrogens with zero attached hydrogens (tertiary/aromatic N) is 3. The van der Waals surface area contributed by atoms with Gasteiger partial charge in [-0.05, 0) is 241 Å². The molecule has 0 saturated heterocycles. The van der Waals surface area contributed by atoms with E-state index in [9.17, 15) is 0 Å².